The van der Waals surface area contributed by atoms with Crippen LogP contribution in [0.3, 0.4) is 0 Å². The van der Waals surface area contributed by atoms with E-state index in [0.29, 0.717) is 34.7 Å². The Bertz CT molecular complexity index is 857. The van der Waals surface area contributed by atoms with Crippen LogP contribution in [0.15, 0.2) is 36.8 Å². The highest BCUT2D eigenvalue weighted by atomic mass is 19.3. The van der Waals surface area contributed by atoms with Gasteiger partial charge in [0.15, 0.2) is 0 Å². The highest BCUT2D eigenvalue weighted by molar-refractivity contribution is 6.01. The molecule has 0 saturated heterocycles. The third-order valence-electron chi connectivity index (χ3n) is 3.48. The molecule has 0 aliphatic carbocycles. The van der Waals surface area contributed by atoms with E-state index >= 15 is 0 Å². The van der Waals surface area contributed by atoms with Crippen LogP contribution >= 0.6 is 0 Å². The maximum absolute atomic E-state index is 12.4. The van der Waals surface area contributed by atoms with Gasteiger partial charge < -0.3 is 15.0 Å². The minimum absolute atomic E-state index is 0.154. The van der Waals surface area contributed by atoms with Gasteiger partial charge in [0.2, 0.25) is 5.91 Å². The summed E-state index contributed by atoms with van der Waals surface area (Å²) in [6.45, 7) is -0.859. The fourth-order valence-electron chi connectivity index (χ4n) is 2.38. The van der Waals surface area contributed by atoms with E-state index in [-0.39, 0.29) is 5.91 Å². The number of aromatic amines is 1. The van der Waals surface area contributed by atoms with Crippen LogP contribution in [0.5, 0.6) is 5.75 Å². The van der Waals surface area contributed by atoms with Crippen molar-refractivity contribution in [2.75, 3.05) is 11.9 Å². The van der Waals surface area contributed by atoms with Gasteiger partial charge in [0.1, 0.15) is 5.75 Å². The number of hydrogen-bond acceptors (Lipinski definition) is 3. The molecule has 2 N–H and O–H groups in total. The number of H-pyrrole nitrogens is 1. The second-order valence-corrected chi connectivity index (χ2v) is 5.30. The second kappa shape index (κ2) is 6.69. The highest BCUT2D eigenvalue weighted by Gasteiger charge is 2.09. The first kappa shape index (κ1) is 16.0. The van der Waals surface area contributed by atoms with Crippen molar-refractivity contribution in [2.24, 2.45) is 0 Å². The predicted molar refractivity (Wildman–Crippen MR) is 85.3 cm³/mol. The number of rotatable bonds is 6. The third-order valence-corrected chi connectivity index (χ3v) is 3.48. The van der Waals surface area contributed by atoms with Crippen LogP contribution in [-0.2, 0) is 11.2 Å². The van der Waals surface area contributed by atoms with Crippen LogP contribution in [0, 0.1) is 0 Å². The van der Waals surface area contributed by atoms with E-state index in [4.69, 9.17) is 4.74 Å². The number of carbonyl (C=O) groups is 1. The van der Waals surface area contributed by atoms with Crippen LogP contribution in [0.1, 0.15) is 19.0 Å². The van der Waals surface area contributed by atoms with Crippen molar-refractivity contribution < 1.29 is 18.3 Å². The number of benzene rings is 1. The zero-order valence-electron chi connectivity index (χ0n) is 12.9. The molecular weight excluding hydrogens is 318 g/mol. The standard InChI is InChI=1S/C16H16F2N4O2/c1-10(23)21-15-8-19-14-3-2-12(6-13(14)15)24-5-4-11-7-20-22(9-11)16(17)18/h2-3,6-9,16,19H,4-5H2,1H3,(H,21,23). The molecule has 2 aromatic heterocycles. The summed E-state index contributed by atoms with van der Waals surface area (Å²) in [6, 6.07) is 5.48. The molecule has 0 bridgehead atoms. The fourth-order valence-corrected chi connectivity index (χ4v) is 2.38. The summed E-state index contributed by atoms with van der Waals surface area (Å²) in [7, 11) is 0. The number of nitrogens with zero attached hydrogens (tertiary/aromatic N) is 2. The van der Waals surface area contributed by atoms with Crippen LogP contribution < -0.4 is 10.1 Å². The lowest BCUT2D eigenvalue weighted by molar-refractivity contribution is -0.114. The molecular formula is C16H16F2N4O2. The molecule has 3 aromatic rings. The quantitative estimate of drug-likeness (QED) is 0.726. The molecule has 0 spiro atoms. The Labute approximate surface area is 136 Å². The SMILES string of the molecule is CC(=O)Nc1c[nH]c2ccc(OCCc3cnn(C(F)F)c3)cc12. The van der Waals surface area contributed by atoms with Crippen LogP contribution in [-0.4, -0.2) is 27.3 Å². The number of alkyl halides is 2. The number of aromatic nitrogens is 3. The molecule has 1 aromatic carbocycles. The zero-order chi connectivity index (χ0) is 17.1. The number of nitrogens with one attached hydrogen (secondary N) is 2. The van der Waals surface area contributed by atoms with Crippen molar-refractivity contribution in [3.63, 3.8) is 0 Å². The minimum Gasteiger partial charge on any atom is -0.493 e. The molecule has 0 aliphatic heterocycles. The zero-order valence-corrected chi connectivity index (χ0v) is 12.9. The molecule has 8 heteroatoms. The van der Waals surface area contributed by atoms with Crippen molar-refractivity contribution in [1.82, 2.24) is 14.8 Å². The van der Waals surface area contributed by atoms with Gasteiger partial charge in [-0.25, -0.2) is 4.68 Å². The van der Waals surface area contributed by atoms with Crippen molar-refractivity contribution in [3.05, 3.63) is 42.4 Å². The first-order valence-electron chi connectivity index (χ1n) is 7.35. The molecule has 0 unspecified atom stereocenters. The van der Waals surface area contributed by atoms with E-state index in [1.165, 1.54) is 19.3 Å². The molecule has 0 radical (unpaired) electrons. The Hall–Kier alpha value is -2.90. The average molecular weight is 334 g/mol. The summed E-state index contributed by atoms with van der Waals surface area (Å²) < 4.78 is 31.2. The molecule has 0 aliphatic rings. The largest absolute Gasteiger partial charge is 0.493 e. The van der Waals surface area contributed by atoms with Gasteiger partial charge in [-0.1, -0.05) is 0 Å². The molecule has 0 atom stereocenters. The molecule has 2 heterocycles. The summed E-state index contributed by atoms with van der Waals surface area (Å²) in [4.78, 5) is 14.3. The van der Waals surface area contributed by atoms with E-state index < -0.39 is 6.55 Å². The maximum Gasteiger partial charge on any atom is 0.333 e. The predicted octanol–water partition coefficient (Wildman–Crippen LogP) is 3.34. The van der Waals surface area contributed by atoms with Crippen molar-refractivity contribution in [2.45, 2.75) is 19.9 Å². The van der Waals surface area contributed by atoms with Gasteiger partial charge in [-0.15, -0.1) is 0 Å². The first-order valence-corrected chi connectivity index (χ1v) is 7.35. The molecule has 0 fully saturated rings. The third kappa shape index (κ3) is 3.53. The number of halogens is 2. The van der Waals surface area contributed by atoms with Gasteiger partial charge in [0, 0.05) is 36.6 Å². The number of amides is 1. The van der Waals surface area contributed by atoms with E-state index in [1.807, 2.05) is 12.1 Å². The summed E-state index contributed by atoms with van der Waals surface area (Å²) in [5.74, 6) is 0.480. The smallest absolute Gasteiger partial charge is 0.333 e. The lowest BCUT2D eigenvalue weighted by Crippen LogP contribution is -2.05. The fraction of sp³-hybridized carbons (Fsp3) is 0.250. The van der Waals surface area contributed by atoms with E-state index in [0.717, 1.165) is 10.9 Å². The minimum atomic E-state index is -2.64. The van der Waals surface area contributed by atoms with E-state index in [2.05, 4.69) is 15.4 Å². The Morgan fingerprint density at radius 3 is 3.00 bits per heavy atom. The summed E-state index contributed by atoms with van der Waals surface area (Å²) in [5.41, 5.74) is 2.24. The van der Waals surface area contributed by atoms with Crippen molar-refractivity contribution in [1.29, 1.82) is 0 Å². The van der Waals surface area contributed by atoms with E-state index in [9.17, 15) is 13.6 Å². The van der Waals surface area contributed by atoms with Crippen LogP contribution in [0.2, 0.25) is 0 Å². The van der Waals surface area contributed by atoms with Gasteiger partial charge in [-0.2, -0.15) is 13.9 Å². The lowest BCUT2D eigenvalue weighted by Gasteiger charge is -2.06. The summed E-state index contributed by atoms with van der Waals surface area (Å²) >= 11 is 0. The number of hydrogen-bond donors (Lipinski definition) is 2. The number of ether oxygens (including phenoxy) is 1. The number of anilines is 1. The van der Waals surface area contributed by atoms with E-state index in [1.54, 1.807) is 12.3 Å². The van der Waals surface area contributed by atoms with Gasteiger partial charge in [-0.3, -0.25) is 4.79 Å². The Morgan fingerprint density at radius 2 is 2.29 bits per heavy atom. The normalized spacial score (nSPS) is 11.2. The molecule has 126 valence electrons. The first-order chi connectivity index (χ1) is 11.5. The van der Waals surface area contributed by atoms with Gasteiger partial charge in [-0.05, 0) is 23.8 Å². The molecule has 3 rings (SSSR count). The van der Waals surface area contributed by atoms with Gasteiger partial charge >= 0.3 is 6.55 Å². The lowest BCUT2D eigenvalue weighted by atomic mass is 10.2. The summed E-state index contributed by atoms with van der Waals surface area (Å²) in [5, 5.41) is 7.16. The van der Waals surface area contributed by atoms with Crippen LogP contribution in [0.4, 0.5) is 14.5 Å². The Morgan fingerprint density at radius 1 is 1.46 bits per heavy atom. The number of fused-ring (bicyclic) bond motifs is 1. The summed E-state index contributed by atoms with van der Waals surface area (Å²) in [6.07, 6.45) is 4.89. The van der Waals surface area contributed by atoms with Crippen molar-refractivity contribution >= 4 is 22.5 Å². The second-order valence-electron chi connectivity index (χ2n) is 5.30. The Kier molecular flexibility index (Phi) is 4.45. The monoisotopic (exact) mass is 334 g/mol. The van der Waals surface area contributed by atoms with Gasteiger partial charge in [0.05, 0.1) is 18.5 Å². The molecule has 24 heavy (non-hydrogen) atoms. The van der Waals surface area contributed by atoms with Gasteiger partial charge in [0.25, 0.3) is 0 Å². The Balaban J connectivity index is 1.65. The van der Waals surface area contributed by atoms with Crippen molar-refractivity contribution in [3.8, 4) is 5.75 Å². The average Bonchev–Trinajstić information content (AvgIpc) is 3.15. The maximum atomic E-state index is 12.4. The molecule has 6 nitrogen and oxygen atoms in total. The number of carbonyl (C=O) groups excluding carboxylic acids is 1. The highest BCUT2D eigenvalue weighted by Crippen LogP contribution is 2.27. The topological polar surface area (TPSA) is 71.9 Å². The van der Waals surface area contributed by atoms with Crippen LogP contribution in [0.25, 0.3) is 10.9 Å². The molecule has 0 saturated carbocycles. The molecule has 1 amide bonds.